The number of nitrogens with zero attached hydrogens (tertiary/aromatic N) is 2. The molecule has 3 N–H and O–H groups in total. The van der Waals surface area contributed by atoms with E-state index in [1.807, 2.05) is 32.9 Å². The zero-order valence-electron chi connectivity index (χ0n) is 11.7. The van der Waals surface area contributed by atoms with Crippen LogP contribution in [0.3, 0.4) is 0 Å². The van der Waals surface area contributed by atoms with Crippen LogP contribution in [0.25, 0.3) is 11.0 Å². The van der Waals surface area contributed by atoms with Crippen molar-refractivity contribution in [3.05, 3.63) is 23.3 Å². The van der Waals surface area contributed by atoms with Crippen LogP contribution >= 0.6 is 0 Å². The number of hydrogen-bond donors (Lipinski definition) is 2. The highest BCUT2D eigenvalue weighted by atomic mass is 16.1. The van der Waals surface area contributed by atoms with Crippen molar-refractivity contribution in [1.29, 1.82) is 0 Å². The summed E-state index contributed by atoms with van der Waals surface area (Å²) in [6.45, 7) is 7.00. The Morgan fingerprint density at radius 1 is 1.37 bits per heavy atom. The van der Waals surface area contributed by atoms with Crippen molar-refractivity contribution in [2.24, 2.45) is 0 Å². The fourth-order valence-corrected chi connectivity index (χ4v) is 2.03. The van der Waals surface area contributed by atoms with E-state index in [2.05, 4.69) is 10.3 Å². The number of carbonyl (C=O) groups is 1. The fourth-order valence-electron chi connectivity index (χ4n) is 2.03. The van der Waals surface area contributed by atoms with Crippen LogP contribution in [0.1, 0.15) is 24.5 Å². The zero-order valence-corrected chi connectivity index (χ0v) is 11.7. The van der Waals surface area contributed by atoms with Gasteiger partial charge >= 0.3 is 0 Å². The summed E-state index contributed by atoms with van der Waals surface area (Å²) in [5.41, 5.74) is 9.99. The maximum Gasteiger partial charge on any atom is 0.240 e. The Bertz CT molecular complexity index is 615. The van der Waals surface area contributed by atoms with Crippen molar-refractivity contribution in [1.82, 2.24) is 14.9 Å². The summed E-state index contributed by atoms with van der Waals surface area (Å²) in [4.78, 5) is 16.1. The number of nitrogens with one attached hydrogen (secondary N) is 1. The number of hydrogen-bond acceptors (Lipinski definition) is 3. The lowest BCUT2D eigenvalue weighted by molar-refractivity contribution is -0.121. The minimum absolute atomic E-state index is 0.0360. The second-order valence-electron chi connectivity index (χ2n) is 4.83. The molecule has 0 saturated carbocycles. The molecular weight excluding hydrogens is 240 g/mol. The van der Waals surface area contributed by atoms with Crippen LogP contribution < -0.4 is 11.1 Å². The number of nitrogen functional groups attached to an aromatic ring is 1. The van der Waals surface area contributed by atoms with Crippen molar-refractivity contribution >= 4 is 22.9 Å². The number of benzene rings is 1. The average molecular weight is 260 g/mol. The summed E-state index contributed by atoms with van der Waals surface area (Å²) in [6, 6.07) is 4.03. The van der Waals surface area contributed by atoms with Crippen molar-refractivity contribution in [2.75, 3.05) is 12.3 Å². The standard InChI is InChI=1S/C14H20N4O/c1-4-5-16-13(19)8-18-12-7-10(3)9(2)6-11(12)17-14(18)15/h6-7H,4-5,8H2,1-3H3,(H2,15,17)(H,16,19). The average Bonchev–Trinajstić information content (AvgIpc) is 2.64. The summed E-state index contributed by atoms with van der Waals surface area (Å²) in [6.07, 6.45) is 0.921. The SMILES string of the molecule is CCCNC(=O)Cn1c(N)nc2cc(C)c(C)cc21. The largest absolute Gasteiger partial charge is 0.369 e. The maximum atomic E-state index is 11.8. The van der Waals surface area contributed by atoms with Crippen LogP contribution in [0.5, 0.6) is 0 Å². The minimum Gasteiger partial charge on any atom is -0.369 e. The lowest BCUT2D eigenvalue weighted by Crippen LogP contribution is -2.28. The van der Waals surface area contributed by atoms with E-state index in [1.54, 1.807) is 4.57 Å². The molecule has 1 heterocycles. The molecule has 5 heteroatoms. The van der Waals surface area contributed by atoms with E-state index < -0.39 is 0 Å². The molecule has 2 rings (SSSR count). The highest BCUT2D eigenvalue weighted by molar-refractivity contribution is 5.83. The summed E-state index contributed by atoms with van der Waals surface area (Å²) in [5.74, 6) is 0.345. The van der Waals surface area contributed by atoms with Gasteiger partial charge < -0.3 is 15.6 Å². The van der Waals surface area contributed by atoms with Crippen LogP contribution in [0.15, 0.2) is 12.1 Å². The number of imidazole rings is 1. The molecular formula is C14H20N4O. The Balaban J connectivity index is 2.34. The number of carbonyl (C=O) groups excluding carboxylic acids is 1. The molecule has 1 aromatic heterocycles. The van der Waals surface area contributed by atoms with Gasteiger partial charge in [0.25, 0.3) is 0 Å². The van der Waals surface area contributed by atoms with E-state index in [0.717, 1.165) is 17.5 Å². The number of aromatic nitrogens is 2. The number of amides is 1. The molecule has 19 heavy (non-hydrogen) atoms. The molecule has 0 spiro atoms. The first-order valence-electron chi connectivity index (χ1n) is 6.52. The third-order valence-electron chi connectivity index (χ3n) is 3.27. The van der Waals surface area contributed by atoms with E-state index in [9.17, 15) is 4.79 Å². The number of anilines is 1. The van der Waals surface area contributed by atoms with Gasteiger partial charge in [-0.05, 0) is 43.5 Å². The summed E-state index contributed by atoms with van der Waals surface area (Å²) in [7, 11) is 0. The van der Waals surface area contributed by atoms with E-state index in [1.165, 1.54) is 11.1 Å². The van der Waals surface area contributed by atoms with Gasteiger partial charge in [0.1, 0.15) is 6.54 Å². The summed E-state index contributed by atoms with van der Waals surface area (Å²) in [5, 5.41) is 2.85. The third kappa shape index (κ3) is 2.70. The number of aryl methyl sites for hydroxylation is 2. The molecule has 0 atom stereocenters. The van der Waals surface area contributed by atoms with E-state index >= 15 is 0 Å². The Hall–Kier alpha value is -2.04. The van der Waals surface area contributed by atoms with Gasteiger partial charge in [-0.25, -0.2) is 4.98 Å². The van der Waals surface area contributed by atoms with E-state index in [0.29, 0.717) is 12.5 Å². The van der Waals surface area contributed by atoms with Gasteiger partial charge in [-0.1, -0.05) is 6.92 Å². The van der Waals surface area contributed by atoms with E-state index in [4.69, 9.17) is 5.73 Å². The Morgan fingerprint density at radius 2 is 2.05 bits per heavy atom. The topological polar surface area (TPSA) is 72.9 Å². The van der Waals surface area contributed by atoms with Crippen LogP contribution in [0, 0.1) is 13.8 Å². The van der Waals surface area contributed by atoms with Gasteiger partial charge in [0, 0.05) is 6.54 Å². The fraction of sp³-hybridized carbons (Fsp3) is 0.429. The molecule has 1 amide bonds. The van der Waals surface area contributed by atoms with E-state index in [-0.39, 0.29) is 12.5 Å². The van der Waals surface area contributed by atoms with Crippen molar-refractivity contribution in [3.63, 3.8) is 0 Å². The predicted octanol–water partition coefficient (Wildman–Crippen LogP) is 1.76. The first-order valence-corrected chi connectivity index (χ1v) is 6.52. The molecule has 0 aliphatic heterocycles. The van der Waals surface area contributed by atoms with Crippen LogP contribution in [-0.4, -0.2) is 22.0 Å². The quantitative estimate of drug-likeness (QED) is 0.879. The molecule has 2 aromatic rings. The molecule has 0 aliphatic carbocycles. The Labute approximate surface area is 112 Å². The second kappa shape index (κ2) is 5.30. The monoisotopic (exact) mass is 260 g/mol. The maximum absolute atomic E-state index is 11.8. The molecule has 0 saturated heterocycles. The zero-order chi connectivity index (χ0) is 14.0. The first kappa shape index (κ1) is 13.4. The lowest BCUT2D eigenvalue weighted by Gasteiger charge is -2.08. The predicted molar refractivity (Wildman–Crippen MR) is 76.9 cm³/mol. The number of rotatable bonds is 4. The van der Waals surface area contributed by atoms with Crippen molar-refractivity contribution in [2.45, 2.75) is 33.7 Å². The number of nitrogens with two attached hydrogens (primary N) is 1. The van der Waals surface area contributed by atoms with Gasteiger partial charge in [-0.3, -0.25) is 4.79 Å². The van der Waals surface area contributed by atoms with Crippen molar-refractivity contribution in [3.8, 4) is 0 Å². The second-order valence-corrected chi connectivity index (χ2v) is 4.83. The van der Waals surface area contributed by atoms with Gasteiger partial charge in [0.2, 0.25) is 11.9 Å². The molecule has 102 valence electrons. The Morgan fingerprint density at radius 3 is 2.74 bits per heavy atom. The molecule has 0 unspecified atom stereocenters. The molecule has 0 radical (unpaired) electrons. The van der Waals surface area contributed by atoms with Gasteiger partial charge in [0.15, 0.2) is 0 Å². The molecule has 0 bridgehead atoms. The highest BCUT2D eigenvalue weighted by Crippen LogP contribution is 2.21. The van der Waals surface area contributed by atoms with Gasteiger partial charge in [0.05, 0.1) is 11.0 Å². The van der Waals surface area contributed by atoms with Crippen LogP contribution in [0.4, 0.5) is 5.95 Å². The van der Waals surface area contributed by atoms with Gasteiger partial charge in [-0.2, -0.15) is 0 Å². The summed E-state index contributed by atoms with van der Waals surface area (Å²) < 4.78 is 1.76. The molecule has 0 aliphatic rings. The lowest BCUT2D eigenvalue weighted by atomic mass is 10.1. The minimum atomic E-state index is -0.0360. The Kier molecular flexibility index (Phi) is 3.74. The highest BCUT2D eigenvalue weighted by Gasteiger charge is 2.12. The van der Waals surface area contributed by atoms with Crippen molar-refractivity contribution < 1.29 is 4.79 Å². The molecule has 0 fully saturated rings. The van der Waals surface area contributed by atoms with Crippen LogP contribution in [0.2, 0.25) is 0 Å². The third-order valence-corrected chi connectivity index (χ3v) is 3.27. The van der Waals surface area contributed by atoms with Gasteiger partial charge in [-0.15, -0.1) is 0 Å². The normalized spacial score (nSPS) is 10.9. The molecule has 5 nitrogen and oxygen atoms in total. The number of fused-ring (bicyclic) bond motifs is 1. The van der Waals surface area contributed by atoms with Crippen LogP contribution in [-0.2, 0) is 11.3 Å². The summed E-state index contributed by atoms with van der Waals surface area (Å²) >= 11 is 0. The smallest absolute Gasteiger partial charge is 0.240 e. The first-order chi connectivity index (χ1) is 9.02. The molecule has 1 aromatic carbocycles.